The number of hydrogen-bond acceptors (Lipinski definition) is 2. The third-order valence-electron chi connectivity index (χ3n) is 0.719. The molecule has 1 aromatic rings. The average Bonchev–Trinajstić information content (AvgIpc) is 1.91. The lowest BCUT2D eigenvalue weighted by atomic mass is 10.4. The van der Waals surface area contributed by atoms with Gasteiger partial charge in [-0.1, -0.05) is 0 Å². The fraction of sp³-hybridized carbons (Fsp3) is 0. The monoisotopic (exact) mass is 113 g/mol. The molecule has 1 N–H and O–H groups in total. The average molecular weight is 113 g/mol. The van der Waals surface area contributed by atoms with Crippen molar-refractivity contribution in [2.75, 3.05) is 0 Å². The predicted octanol–water partition coefficient (Wildman–Crippen LogP) is 1.64. The largest absolute Gasteiger partial charge is 0.507 e. The SMILES string of the molecule is [CH2]c1cscc1O. The molecule has 1 heterocycles. The van der Waals surface area contributed by atoms with Crippen molar-refractivity contribution in [2.24, 2.45) is 0 Å². The van der Waals surface area contributed by atoms with Gasteiger partial charge in [-0.3, -0.25) is 0 Å². The van der Waals surface area contributed by atoms with E-state index in [1.807, 2.05) is 0 Å². The third kappa shape index (κ3) is 0.747. The molecule has 0 aliphatic rings. The van der Waals surface area contributed by atoms with Crippen molar-refractivity contribution in [1.82, 2.24) is 0 Å². The van der Waals surface area contributed by atoms with Crippen molar-refractivity contribution in [2.45, 2.75) is 0 Å². The van der Waals surface area contributed by atoms with Crippen LogP contribution in [0.4, 0.5) is 0 Å². The van der Waals surface area contributed by atoms with Crippen molar-refractivity contribution >= 4 is 11.3 Å². The van der Waals surface area contributed by atoms with Crippen LogP contribution in [-0.2, 0) is 0 Å². The van der Waals surface area contributed by atoms with Crippen molar-refractivity contribution in [1.29, 1.82) is 0 Å². The quantitative estimate of drug-likeness (QED) is 0.542. The standard InChI is InChI=1S/C5H5OS/c1-4-2-7-3-5(4)6/h2-3,6H,1H2. The first kappa shape index (κ1) is 4.65. The maximum atomic E-state index is 8.71. The molecule has 1 aromatic heterocycles. The Morgan fingerprint density at radius 1 is 1.57 bits per heavy atom. The minimum Gasteiger partial charge on any atom is -0.507 e. The Bertz CT molecular complexity index is 140. The van der Waals surface area contributed by atoms with E-state index in [9.17, 15) is 0 Å². The Morgan fingerprint density at radius 3 is 2.43 bits per heavy atom. The summed E-state index contributed by atoms with van der Waals surface area (Å²) in [6.45, 7) is 3.54. The van der Waals surface area contributed by atoms with Gasteiger partial charge in [0.25, 0.3) is 0 Å². The van der Waals surface area contributed by atoms with Crippen molar-refractivity contribution in [3.8, 4) is 5.75 Å². The summed E-state index contributed by atoms with van der Waals surface area (Å²) in [6.07, 6.45) is 0. The van der Waals surface area contributed by atoms with Gasteiger partial charge in [0.15, 0.2) is 0 Å². The van der Waals surface area contributed by atoms with Gasteiger partial charge in [-0.25, -0.2) is 0 Å². The van der Waals surface area contributed by atoms with Gasteiger partial charge in [0.1, 0.15) is 5.75 Å². The van der Waals surface area contributed by atoms with Gasteiger partial charge in [0.2, 0.25) is 0 Å². The van der Waals surface area contributed by atoms with Gasteiger partial charge in [-0.15, -0.1) is 11.3 Å². The Kier molecular flexibility index (Phi) is 1.02. The first-order valence-corrected chi connectivity index (χ1v) is 2.82. The second-order valence-corrected chi connectivity index (χ2v) is 2.03. The number of aromatic hydroxyl groups is 1. The molecule has 0 aliphatic heterocycles. The molecule has 0 unspecified atom stereocenters. The van der Waals surface area contributed by atoms with Crippen molar-refractivity contribution in [3.05, 3.63) is 23.2 Å². The van der Waals surface area contributed by atoms with Crippen LogP contribution in [0.5, 0.6) is 5.75 Å². The Hall–Kier alpha value is -0.500. The lowest BCUT2D eigenvalue weighted by molar-refractivity contribution is 0.475. The van der Waals surface area contributed by atoms with E-state index in [4.69, 9.17) is 5.11 Å². The highest BCUT2D eigenvalue weighted by Crippen LogP contribution is 2.19. The molecule has 0 spiro atoms. The van der Waals surface area contributed by atoms with Gasteiger partial charge in [-0.2, -0.15) is 0 Å². The minimum absolute atomic E-state index is 0.296. The van der Waals surface area contributed by atoms with Gasteiger partial charge in [0.05, 0.1) is 0 Å². The predicted molar refractivity (Wildman–Crippen MR) is 30.4 cm³/mol. The molecular formula is C5H5OS. The van der Waals surface area contributed by atoms with Crippen LogP contribution < -0.4 is 0 Å². The van der Waals surface area contributed by atoms with E-state index in [-0.39, 0.29) is 0 Å². The third-order valence-corrected chi connectivity index (χ3v) is 1.50. The van der Waals surface area contributed by atoms with Crippen LogP contribution in [-0.4, -0.2) is 5.11 Å². The number of hydrogen-bond donors (Lipinski definition) is 1. The first-order valence-electron chi connectivity index (χ1n) is 1.88. The van der Waals surface area contributed by atoms with Crippen LogP contribution in [0.3, 0.4) is 0 Å². The van der Waals surface area contributed by atoms with Crippen LogP contribution >= 0.6 is 11.3 Å². The van der Waals surface area contributed by atoms with Crippen LogP contribution in [0.15, 0.2) is 10.8 Å². The van der Waals surface area contributed by atoms with Gasteiger partial charge in [0, 0.05) is 10.9 Å². The molecule has 0 saturated heterocycles. The van der Waals surface area contributed by atoms with E-state index < -0.39 is 0 Å². The molecule has 0 fully saturated rings. The second-order valence-electron chi connectivity index (χ2n) is 1.28. The molecule has 0 aliphatic carbocycles. The summed E-state index contributed by atoms with van der Waals surface area (Å²) in [5.41, 5.74) is 0.713. The van der Waals surface area contributed by atoms with Gasteiger partial charge >= 0.3 is 0 Å². The highest BCUT2D eigenvalue weighted by Gasteiger charge is 1.90. The van der Waals surface area contributed by atoms with E-state index in [0.29, 0.717) is 11.3 Å². The molecule has 0 bridgehead atoms. The maximum Gasteiger partial charge on any atom is 0.129 e. The van der Waals surface area contributed by atoms with Crippen LogP contribution in [0, 0.1) is 6.92 Å². The summed E-state index contributed by atoms with van der Waals surface area (Å²) < 4.78 is 0. The molecule has 1 radical (unpaired) electrons. The minimum atomic E-state index is 0.296. The summed E-state index contributed by atoms with van der Waals surface area (Å²) in [5.74, 6) is 0.296. The Morgan fingerprint density at radius 2 is 2.29 bits per heavy atom. The Balaban J connectivity index is 3.12. The van der Waals surface area contributed by atoms with Crippen LogP contribution in [0.1, 0.15) is 5.56 Å². The topological polar surface area (TPSA) is 20.2 Å². The van der Waals surface area contributed by atoms with E-state index in [2.05, 4.69) is 6.92 Å². The molecule has 0 aromatic carbocycles. The van der Waals surface area contributed by atoms with E-state index in [1.165, 1.54) is 11.3 Å². The molecule has 0 atom stereocenters. The lowest BCUT2D eigenvalue weighted by Crippen LogP contribution is -1.57. The molecule has 2 heteroatoms. The van der Waals surface area contributed by atoms with Crippen LogP contribution in [0.2, 0.25) is 0 Å². The summed E-state index contributed by atoms with van der Waals surface area (Å²) in [4.78, 5) is 0. The normalized spacial score (nSPS) is 9.29. The molecule has 37 valence electrons. The smallest absolute Gasteiger partial charge is 0.129 e. The van der Waals surface area contributed by atoms with Crippen molar-refractivity contribution in [3.63, 3.8) is 0 Å². The lowest BCUT2D eigenvalue weighted by Gasteiger charge is -1.79. The Labute approximate surface area is 46.2 Å². The van der Waals surface area contributed by atoms with E-state index in [0.717, 1.165) is 0 Å². The zero-order chi connectivity index (χ0) is 5.28. The molecular weight excluding hydrogens is 108 g/mol. The number of thiophene rings is 1. The fourth-order valence-electron chi connectivity index (χ4n) is 0.317. The summed E-state index contributed by atoms with van der Waals surface area (Å²) in [6, 6.07) is 0. The maximum absolute atomic E-state index is 8.71. The molecule has 0 saturated carbocycles. The summed E-state index contributed by atoms with van der Waals surface area (Å²) >= 11 is 1.45. The zero-order valence-electron chi connectivity index (χ0n) is 3.72. The van der Waals surface area contributed by atoms with Crippen molar-refractivity contribution < 1.29 is 5.11 Å². The number of rotatable bonds is 0. The molecule has 7 heavy (non-hydrogen) atoms. The summed E-state index contributed by atoms with van der Waals surface area (Å²) in [5, 5.41) is 12.2. The van der Waals surface area contributed by atoms with Crippen LogP contribution in [0.25, 0.3) is 0 Å². The molecule has 1 rings (SSSR count). The second kappa shape index (κ2) is 1.54. The first-order chi connectivity index (χ1) is 3.30. The fourth-order valence-corrected chi connectivity index (χ4v) is 0.950. The molecule has 1 nitrogen and oxygen atoms in total. The highest BCUT2D eigenvalue weighted by atomic mass is 32.1. The summed E-state index contributed by atoms with van der Waals surface area (Å²) in [7, 11) is 0. The van der Waals surface area contributed by atoms with E-state index in [1.54, 1.807) is 10.8 Å². The van der Waals surface area contributed by atoms with Gasteiger partial charge < -0.3 is 5.11 Å². The van der Waals surface area contributed by atoms with Gasteiger partial charge in [-0.05, 0) is 12.3 Å². The molecule has 0 amide bonds. The zero-order valence-corrected chi connectivity index (χ0v) is 4.53. The highest BCUT2D eigenvalue weighted by molar-refractivity contribution is 7.08. The van der Waals surface area contributed by atoms with E-state index >= 15 is 0 Å².